The monoisotopic (exact) mass is 421 g/mol. The number of hydrogen-bond donors (Lipinski definition) is 3. The Bertz CT molecular complexity index is 956. The van der Waals surface area contributed by atoms with Crippen molar-refractivity contribution in [3.05, 3.63) is 54.9 Å². The van der Waals surface area contributed by atoms with E-state index in [-0.39, 0.29) is 35.3 Å². The van der Waals surface area contributed by atoms with Crippen LogP contribution in [0.15, 0.2) is 59.8 Å². The molecule has 0 saturated heterocycles. The predicted octanol–water partition coefficient (Wildman–Crippen LogP) is 4.69. The predicted molar refractivity (Wildman–Crippen MR) is 107 cm³/mol. The molecule has 6 nitrogen and oxygen atoms in total. The summed E-state index contributed by atoms with van der Waals surface area (Å²) >= 11 is -0.181. The van der Waals surface area contributed by atoms with Gasteiger partial charge >= 0.3 is 5.51 Å². The summed E-state index contributed by atoms with van der Waals surface area (Å²) in [5, 5.41) is 15.3. The third-order valence-electron chi connectivity index (χ3n) is 3.67. The lowest BCUT2D eigenvalue weighted by Crippen LogP contribution is -2.21. The van der Waals surface area contributed by atoms with Crippen LogP contribution in [-0.2, 0) is 0 Å². The summed E-state index contributed by atoms with van der Waals surface area (Å²) in [6.07, 6.45) is 3.28. The highest BCUT2D eigenvalue weighted by Gasteiger charge is 2.29. The lowest BCUT2D eigenvalue weighted by atomic mass is 10.2. The first-order valence-corrected chi connectivity index (χ1v) is 9.44. The maximum Gasteiger partial charge on any atom is 0.446 e. The molecule has 0 bridgehead atoms. The molecule has 1 atom stereocenters. The molecule has 0 radical (unpaired) electrons. The first-order valence-electron chi connectivity index (χ1n) is 8.62. The highest BCUT2D eigenvalue weighted by molar-refractivity contribution is 8.00. The summed E-state index contributed by atoms with van der Waals surface area (Å²) in [5.74, 6) is 0.664. The van der Waals surface area contributed by atoms with Gasteiger partial charge in [0.2, 0.25) is 5.95 Å². The van der Waals surface area contributed by atoms with E-state index < -0.39 is 5.51 Å². The number of aromatic nitrogens is 3. The van der Waals surface area contributed by atoms with Gasteiger partial charge < -0.3 is 15.7 Å². The van der Waals surface area contributed by atoms with Crippen LogP contribution in [0.4, 0.5) is 30.6 Å². The van der Waals surface area contributed by atoms with Crippen LogP contribution in [0, 0.1) is 0 Å². The van der Waals surface area contributed by atoms with E-state index in [0.29, 0.717) is 17.2 Å². The molecule has 152 valence electrons. The van der Waals surface area contributed by atoms with Crippen molar-refractivity contribution in [2.24, 2.45) is 0 Å². The summed E-state index contributed by atoms with van der Waals surface area (Å²) in [7, 11) is 0. The van der Waals surface area contributed by atoms with Crippen LogP contribution in [0.2, 0.25) is 0 Å². The number of anilines is 3. The van der Waals surface area contributed by atoms with E-state index in [1.807, 2.05) is 6.07 Å². The summed E-state index contributed by atoms with van der Waals surface area (Å²) in [6.45, 7) is 1.66. The largest absolute Gasteiger partial charge is 0.446 e. The molecule has 0 aliphatic carbocycles. The molecule has 0 aliphatic heterocycles. The summed E-state index contributed by atoms with van der Waals surface area (Å²) < 4.78 is 37.9. The van der Waals surface area contributed by atoms with Gasteiger partial charge in [-0.25, -0.2) is 4.98 Å². The molecule has 0 aliphatic rings. The average molecular weight is 421 g/mol. The number of rotatable bonds is 7. The molecule has 10 heteroatoms. The van der Waals surface area contributed by atoms with Gasteiger partial charge in [-0.15, -0.1) is 0 Å². The maximum atomic E-state index is 12.6. The Balaban J connectivity index is 1.92. The Labute approximate surface area is 169 Å². The van der Waals surface area contributed by atoms with Gasteiger partial charge in [0.1, 0.15) is 5.82 Å². The van der Waals surface area contributed by atoms with Gasteiger partial charge in [0, 0.05) is 40.6 Å². The molecule has 0 spiro atoms. The van der Waals surface area contributed by atoms with Crippen molar-refractivity contribution in [2.75, 3.05) is 17.2 Å². The number of benzene rings is 1. The first kappa shape index (κ1) is 20.9. The van der Waals surface area contributed by atoms with E-state index in [2.05, 4.69) is 25.6 Å². The third-order valence-corrected chi connectivity index (χ3v) is 4.39. The van der Waals surface area contributed by atoms with E-state index in [4.69, 9.17) is 0 Å². The minimum Gasteiger partial charge on any atom is -0.394 e. The van der Waals surface area contributed by atoms with E-state index in [0.717, 1.165) is 5.56 Å². The smallest absolute Gasteiger partial charge is 0.394 e. The molecular weight excluding hydrogens is 403 g/mol. The molecule has 3 rings (SSSR count). The van der Waals surface area contributed by atoms with Crippen LogP contribution in [0.5, 0.6) is 0 Å². The van der Waals surface area contributed by atoms with E-state index >= 15 is 0 Å². The van der Waals surface area contributed by atoms with Crippen LogP contribution in [0.1, 0.15) is 6.92 Å². The number of aliphatic hydroxyl groups excluding tert-OH is 1. The van der Waals surface area contributed by atoms with Crippen molar-refractivity contribution >= 4 is 29.2 Å². The number of aliphatic hydroxyl groups is 1. The number of alkyl halides is 3. The fourth-order valence-electron chi connectivity index (χ4n) is 2.42. The Morgan fingerprint density at radius 3 is 2.66 bits per heavy atom. The SMILES string of the molecule is C[C@@H](CO)Nc1nc(Nc2cccc(SC(F)(F)F)c2)cc(-c2cccnc2)n1. The summed E-state index contributed by atoms with van der Waals surface area (Å²) in [4.78, 5) is 12.9. The zero-order valence-corrected chi connectivity index (χ0v) is 16.1. The number of pyridine rings is 1. The highest BCUT2D eigenvalue weighted by Crippen LogP contribution is 2.37. The minimum absolute atomic E-state index is 0.0660. The number of hydrogen-bond acceptors (Lipinski definition) is 7. The lowest BCUT2D eigenvalue weighted by molar-refractivity contribution is -0.0328. The second-order valence-corrected chi connectivity index (χ2v) is 7.27. The van der Waals surface area contributed by atoms with Crippen molar-refractivity contribution in [3.8, 4) is 11.3 Å². The first-order chi connectivity index (χ1) is 13.8. The van der Waals surface area contributed by atoms with Gasteiger partial charge in [0.25, 0.3) is 0 Å². The second-order valence-electron chi connectivity index (χ2n) is 6.13. The standard InChI is InChI=1S/C19H18F3N5OS/c1-12(11-28)24-18-26-16(13-4-3-7-23-10-13)9-17(27-18)25-14-5-2-6-15(8-14)29-19(20,21)22/h2-10,12,28H,11H2,1H3,(H2,24,25,26,27)/t12-/m0/s1. The molecular formula is C19H18F3N5OS. The van der Waals surface area contributed by atoms with Gasteiger partial charge in [-0.05, 0) is 49.0 Å². The van der Waals surface area contributed by atoms with E-state index in [9.17, 15) is 18.3 Å². The van der Waals surface area contributed by atoms with Gasteiger partial charge in [-0.1, -0.05) is 6.07 Å². The number of nitrogens with one attached hydrogen (secondary N) is 2. The van der Waals surface area contributed by atoms with Gasteiger partial charge in [-0.2, -0.15) is 18.2 Å². The molecule has 0 amide bonds. The van der Waals surface area contributed by atoms with Crippen molar-refractivity contribution in [1.29, 1.82) is 0 Å². The van der Waals surface area contributed by atoms with Crippen molar-refractivity contribution < 1.29 is 18.3 Å². The molecule has 2 heterocycles. The zero-order chi connectivity index (χ0) is 20.9. The molecule has 1 aromatic carbocycles. The summed E-state index contributed by atoms with van der Waals surface area (Å²) in [6, 6.07) is 11.0. The van der Waals surface area contributed by atoms with Crippen LogP contribution >= 0.6 is 11.8 Å². The number of nitrogens with zero attached hydrogens (tertiary/aromatic N) is 3. The van der Waals surface area contributed by atoms with Crippen LogP contribution in [0.3, 0.4) is 0 Å². The third kappa shape index (κ3) is 6.33. The lowest BCUT2D eigenvalue weighted by Gasteiger charge is -2.14. The summed E-state index contributed by atoms with van der Waals surface area (Å²) in [5.41, 5.74) is -2.59. The van der Waals surface area contributed by atoms with Gasteiger partial charge in [-0.3, -0.25) is 4.98 Å². The Kier molecular flexibility index (Phi) is 6.55. The van der Waals surface area contributed by atoms with Crippen molar-refractivity contribution in [1.82, 2.24) is 15.0 Å². The van der Waals surface area contributed by atoms with Crippen LogP contribution < -0.4 is 10.6 Å². The average Bonchev–Trinajstić information content (AvgIpc) is 2.67. The maximum absolute atomic E-state index is 12.6. The molecule has 29 heavy (non-hydrogen) atoms. The Morgan fingerprint density at radius 2 is 1.97 bits per heavy atom. The molecule has 0 unspecified atom stereocenters. The molecule has 2 aromatic heterocycles. The Morgan fingerprint density at radius 1 is 1.14 bits per heavy atom. The topological polar surface area (TPSA) is 83.0 Å². The quantitative estimate of drug-likeness (QED) is 0.478. The van der Waals surface area contributed by atoms with Crippen molar-refractivity contribution in [2.45, 2.75) is 23.4 Å². The van der Waals surface area contributed by atoms with Gasteiger partial charge in [0.15, 0.2) is 0 Å². The highest BCUT2D eigenvalue weighted by atomic mass is 32.2. The molecule has 3 aromatic rings. The van der Waals surface area contributed by atoms with Crippen LogP contribution in [-0.4, -0.2) is 38.2 Å². The Hall–Kier alpha value is -2.85. The van der Waals surface area contributed by atoms with Crippen LogP contribution in [0.25, 0.3) is 11.3 Å². The molecule has 0 saturated carbocycles. The number of halogens is 3. The molecule has 3 N–H and O–H groups in total. The normalized spacial score (nSPS) is 12.4. The van der Waals surface area contributed by atoms with E-state index in [1.165, 1.54) is 18.2 Å². The fraction of sp³-hybridized carbons (Fsp3) is 0.211. The second kappa shape index (κ2) is 9.10. The van der Waals surface area contributed by atoms with E-state index in [1.54, 1.807) is 37.5 Å². The zero-order valence-electron chi connectivity index (χ0n) is 15.3. The van der Waals surface area contributed by atoms with Gasteiger partial charge in [0.05, 0.1) is 12.3 Å². The fourth-order valence-corrected chi connectivity index (χ4v) is 3.02. The minimum atomic E-state index is -4.36. The number of thioether (sulfide) groups is 1. The van der Waals surface area contributed by atoms with Crippen molar-refractivity contribution in [3.63, 3.8) is 0 Å². The molecule has 0 fully saturated rings.